The van der Waals surface area contributed by atoms with Crippen LogP contribution in [0.3, 0.4) is 0 Å². The van der Waals surface area contributed by atoms with Gasteiger partial charge in [-0.15, -0.1) is 0 Å². The van der Waals surface area contributed by atoms with E-state index in [1.807, 2.05) is 35.2 Å². The molecule has 0 saturated carbocycles. The van der Waals surface area contributed by atoms with E-state index in [0.717, 1.165) is 43.6 Å². The van der Waals surface area contributed by atoms with Crippen LogP contribution in [0.25, 0.3) is 0 Å². The summed E-state index contributed by atoms with van der Waals surface area (Å²) in [5, 5.41) is 5.68. The normalized spacial score (nSPS) is 15.7. The predicted molar refractivity (Wildman–Crippen MR) is 119 cm³/mol. The van der Waals surface area contributed by atoms with Crippen LogP contribution in [0.4, 0.5) is 10.5 Å². The van der Waals surface area contributed by atoms with Crippen LogP contribution in [-0.2, 0) is 0 Å². The average molecular weight is 409 g/mol. The van der Waals surface area contributed by atoms with Crippen molar-refractivity contribution in [2.75, 3.05) is 25.0 Å². The highest BCUT2D eigenvalue weighted by Crippen LogP contribution is 2.24. The standard InChI is InChI=1S/C24H32N4O2/c29-23(21-10-6-4-7-11-21)28-18-14-20(19-28)9-5-2-1-3-8-15-26-24(30)27-22-12-16-25-17-13-22/h4,6-7,10-13,16-17,20H,1-3,5,8-9,14-15,18-19H2,(H2,25,26,27,30). The highest BCUT2D eigenvalue weighted by molar-refractivity contribution is 5.94. The summed E-state index contributed by atoms with van der Waals surface area (Å²) in [6.45, 7) is 2.46. The second-order valence-electron chi connectivity index (χ2n) is 7.95. The molecule has 2 N–H and O–H groups in total. The number of nitrogens with one attached hydrogen (secondary N) is 2. The topological polar surface area (TPSA) is 74.3 Å². The van der Waals surface area contributed by atoms with E-state index in [1.54, 1.807) is 24.5 Å². The van der Waals surface area contributed by atoms with Crippen molar-refractivity contribution < 1.29 is 9.59 Å². The predicted octanol–water partition coefficient (Wildman–Crippen LogP) is 4.71. The van der Waals surface area contributed by atoms with Crippen molar-refractivity contribution in [1.29, 1.82) is 0 Å². The number of aromatic nitrogens is 1. The van der Waals surface area contributed by atoms with Crippen molar-refractivity contribution in [1.82, 2.24) is 15.2 Å². The zero-order chi connectivity index (χ0) is 21.0. The van der Waals surface area contributed by atoms with Crippen LogP contribution in [0, 0.1) is 5.92 Å². The van der Waals surface area contributed by atoms with Crippen LogP contribution in [-0.4, -0.2) is 41.5 Å². The molecule has 30 heavy (non-hydrogen) atoms. The van der Waals surface area contributed by atoms with Gasteiger partial charge in [-0.05, 0) is 49.4 Å². The molecule has 0 bridgehead atoms. The third-order valence-corrected chi connectivity index (χ3v) is 5.61. The number of pyridine rings is 1. The van der Waals surface area contributed by atoms with E-state index in [1.165, 1.54) is 25.7 Å². The Balaban J connectivity index is 1.19. The molecule has 6 heteroatoms. The largest absolute Gasteiger partial charge is 0.338 e. The van der Waals surface area contributed by atoms with E-state index in [2.05, 4.69) is 15.6 Å². The summed E-state index contributed by atoms with van der Waals surface area (Å²) in [5.74, 6) is 0.801. The number of carbonyl (C=O) groups is 2. The zero-order valence-corrected chi connectivity index (χ0v) is 17.6. The molecule has 1 fully saturated rings. The molecule has 3 amide bonds. The fourth-order valence-corrected chi connectivity index (χ4v) is 3.92. The Kier molecular flexibility index (Phi) is 8.69. The fourth-order valence-electron chi connectivity index (χ4n) is 3.92. The number of urea groups is 1. The monoisotopic (exact) mass is 408 g/mol. The van der Waals surface area contributed by atoms with Gasteiger partial charge in [-0.25, -0.2) is 4.79 Å². The maximum Gasteiger partial charge on any atom is 0.319 e. The summed E-state index contributed by atoms with van der Waals surface area (Å²) in [6, 6.07) is 12.9. The van der Waals surface area contributed by atoms with Gasteiger partial charge in [0.25, 0.3) is 5.91 Å². The Morgan fingerprint density at radius 2 is 1.70 bits per heavy atom. The van der Waals surface area contributed by atoms with Gasteiger partial charge >= 0.3 is 6.03 Å². The smallest absolute Gasteiger partial charge is 0.319 e. The van der Waals surface area contributed by atoms with Crippen LogP contribution in [0.1, 0.15) is 55.3 Å². The number of anilines is 1. The molecule has 1 aliphatic rings. The molecule has 160 valence electrons. The van der Waals surface area contributed by atoms with Gasteiger partial charge in [-0.3, -0.25) is 9.78 Å². The summed E-state index contributed by atoms with van der Waals surface area (Å²) in [5.41, 5.74) is 1.54. The molecule has 1 aliphatic heterocycles. The first-order valence-electron chi connectivity index (χ1n) is 11.0. The molecule has 0 radical (unpaired) electrons. The minimum atomic E-state index is -0.169. The van der Waals surface area contributed by atoms with Crippen LogP contribution in [0.2, 0.25) is 0 Å². The van der Waals surface area contributed by atoms with E-state index in [-0.39, 0.29) is 11.9 Å². The molecule has 3 rings (SSSR count). The van der Waals surface area contributed by atoms with E-state index >= 15 is 0 Å². The van der Waals surface area contributed by atoms with Gasteiger partial charge in [0.2, 0.25) is 0 Å². The Labute approximate surface area is 179 Å². The third-order valence-electron chi connectivity index (χ3n) is 5.61. The number of rotatable bonds is 10. The SMILES string of the molecule is O=C(NCCCCCCCC1CCN(C(=O)c2ccccc2)C1)Nc1ccncc1. The molecule has 6 nitrogen and oxygen atoms in total. The van der Waals surface area contributed by atoms with Gasteiger partial charge in [0.1, 0.15) is 0 Å². The van der Waals surface area contributed by atoms with Crippen LogP contribution >= 0.6 is 0 Å². The molecule has 2 aromatic rings. The van der Waals surface area contributed by atoms with Gasteiger partial charge in [0.05, 0.1) is 0 Å². The lowest BCUT2D eigenvalue weighted by atomic mass is 10.00. The number of nitrogens with zero attached hydrogens (tertiary/aromatic N) is 2. The molecule has 1 aromatic carbocycles. The Morgan fingerprint density at radius 3 is 2.50 bits per heavy atom. The van der Waals surface area contributed by atoms with E-state index in [9.17, 15) is 9.59 Å². The number of hydrogen-bond acceptors (Lipinski definition) is 3. The first kappa shape index (κ1) is 21.8. The molecule has 2 heterocycles. The van der Waals surface area contributed by atoms with Gasteiger partial charge in [0, 0.05) is 43.3 Å². The fraction of sp³-hybridized carbons (Fsp3) is 0.458. The quantitative estimate of drug-likeness (QED) is 0.559. The van der Waals surface area contributed by atoms with Gasteiger partial charge in [0.15, 0.2) is 0 Å². The Bertz CT molecular complexity index is 782. The second kappa shape index (κ2) is 12.0. The van der Waals surface area contributed by atoms with Crippen molar-refractivity contribution in [3.8, 4) is 0 Å². The molecule has 1 unspecified atom stereocenters. The van der Waals surface area contributed by atoms with E-state index < -0.39 is 0 Å². The first-order valence-corrected chi connectivity index (χ1v) is 11.0. The van der Waals surface area contributed by atoms with E-state index in [0.29, 0.717) is 12.5 Å². The zero-order valence-electron chi connectivity index (χ0n) is 17.6. The highest BCUT2D eigenvalue weighted by Gasteiger charge is 2.26. The number of hydrogen-bond donors (Lipinski definition) is 2. The molecule has 1 saturated heterocycles. The van der Waals surface area contributed by atoms with Crippen molar-refractivity contribution in [2.24, 2.45) is 5.92 Å². The van der Waals surface area contributed by atoms with Crippen molar-refractivity contribution in [3.05, 3.63) is 60.4 Å². The maximum absolute atomic E-state index is 12.5. The molecule has 1 aromatic heterocycles. The number of unbranched alkanes of at least 4 members (excludes halogenated alkanes) is 4. The number of benzene rings is 1. The summed E-state index contributed by atoms with van der Waals surface area (Å²) in [7, 11) is 0. The van der Waals surface area contributed by atoms with E-state index in [4.69, 9.17) is 0 Å². The minimum Gasteiger partial charge on any atom is -0.338 e. The molecule has 0 aliphatic carbocycles. The van der Waals surface area contributed by atoms with Gasteiger partial charge in [-0.2, -0.15) is 0 Å². The number of likely N-dealkylation sites (tertiary alicyclic amines) is 1. The number of carbonyl (C=O) groups excluding carboxylic acids is 2. The maximum atomic E-state index is 12.5. The van der Waals surface area contributed by atoms with Crippen LogP contribution in [0.15, 0.2) is 54.9 Å². The highest BCUT2D eigenvalue weighted by atomic mass is 16.2. The summed E-state index contributed by atoms with van der Waals surface area (Å²) in [4.78, 5) is 30.2. The van der Waals surface area contributed by atoms with Crippen molar-refractivity contribution in [3.63, 3.8) is 0 Å². The Morgan fingerprint density at radius 1 is 0.967 bits per heavy atom. The second-order valence-corrected chi connectivity index (χ2v) is 7.95. The lowest BCUT2D eigenvalue weighted by Crippen LogP contribution is -2.29. The molecule has 0 spiro atoms. The lowest BCUT2D eigenvalue weighted by Gasteiger charge is -2.16. The average Bonchev–Trinajstić information content (AvgIpc) is 3.25. The number of amides is 3. The molecular formula is C24H32N4O2. The third kappa shape index (κ3) is 7.17. The van der Waals surface area contributed by atoms with Crippen molar-refractivity contribution in [2.45, 2.75) is 44.9 Å². The van der Waals surface area contributed by atoms with Gasteiger partial charge < -0.3 is 15.5 Å². The summed E-state index contributed by atoms with van der Waals surface area (Å²) >= 11 is 0. The minimum absolute atomic E-state index is 0.165. The Hall–Kier alpha value is -2.89. The summed E-state index contributed by atoms with van der Waals surface area (Å²) in [6.07, 6.45) is 11.4. The summed E-state index contributed by atoms with van der Waals surface area (Å²) < 4.78 is 0. The lowest BCUT2D eigenvalue weighted by molar-refractivity contribution is 0.0786. The van der Waals surface area contributed by atoms with Crippen LogP contribution < -0.4 is 10.6 Å². The molecular weight excluding hydrogens is 376 g/mol. The van der Waals surface area contributed by atoms with Gasteiger partial charge in [-0.1, -0.05) is 43.9 Å². The van der Waals surface area contributed by atoms with Crippen LogP contribution in [0.5, 0.6) is 0 Å². The first-order chi connectivity index (χ1) is 14.7. The van der Waals surface area contributed by atoms with Crippen molar-refractivity contribution >= 4 is 17.6 Å². The molecule has 1 atom stereocenters.